The SMILES string of the molecule is Cc1cc(C(C)Nc2cccc(F)c2C(N)=NO)c2oc(-c3ccc(F)cc3F)c(C)c(=O)c2c1. The molecule has 0 aliphatic carbocycles. The van der Waals surface area contributed by atoms with E-state index in [0.29, 0.717) is 5.56 Å². The summed E-state index contributed by atoms with van der Waals surface area (Å²) in [5.74, 6) is -2.73. The largest absolute Gasteiger partial charge is 0.455 e. The van der Waals surface area contributed by atoms with Gasteiger partial charge in [0, 0.05) is 22.9 Å². The summed E-state index contributed by atoms with van der Waals surface area (Å²) in [6.45, 7) is 5.08. The van der Waals surface area contributed by atoms with Crippen LogP contribution in [-0.2, 0) is 0 Å². The lowest BCUT2D eigenvalue weighted by Gasteiger charge is -2.20. The highest BCUT2D eigenvalue weighted by atomic mass is 19.1. The third-order valence-corrected chi connectivity index (χ3v) is 5.78. The van der Waals surface area contributed by atoms with E-state index in [9.17, 15) is 18.0 Å². The number of nitrogens with zero attached hydrogens (tertiary/aromatic N) is 1. The lowest BCUT2D eigenvalue weighted by molar-refractivity contribution is 0.318. The average molecular weight is 481 g/mol. The van der Waals surface area contributed by atoms with E-state index in [4.69, 9.17) is 15.4 Å². The Kier molecular flexibility index (Phi) is 6.26. The highest BCUT2D eigenvalue weighted by Gasteiger charge is 2.22. The van der Waals surface area contributed by atoms with Crippen LogP contribution < -0.4 is 16.5 Å². The molecule has 0 fully saturated rings. The topological polar surface area (TPSA) is 101 Å². The van der Waals surface area contributed by atoms with Crippen LogP contribution in [0.2, 0.25) is 0 Å². The van der Waals surface area contributed by atoms with Gasteiger partial charge in [-0.05, 0) is 56.7 Å². The van der Waals surface area contributed by atoms with Crippen molar-refractivity contribution in [2.75, 3.05) is 5.32 Å². The summed E-state index contributed by atoms with van der Waals surface area (Å²) in [5.41, 5.74) is 7.08. The van der Waals surface area contributed by atoms with Gasteiger partial charge in [0.2, 0.25) is 0 Å². The normalized spacial score (nSPS) is 12.7. The maximum absolute atomic E-state index is 14.6. The van der Waals surface area contributed by atoms with Gasteiger partial charge >= 0.3 is 0 Å². The zero-order valence-electron chi connectivity index (χ0n) is 19.1. The zero-order valence-corrected chi connectivity index (χ0v) is 19.1. The third kappa shape index (κ3) is 4.32. The minimum absolute atomic E-state index is 0.0135. The number of hydrogen-bond donors (Lipinski definition) is 3. The Labute approximate surface area is 198 Å². The summed E-state index contributed by atoms with van der Waals surface area (Å²) in [6.07, 6.45) is 0. The molecule has 9 heteroatoms. The molecule has 0 saturated carbocycles. The van der Waals surface area contributed by atoms with Crippen LogP contribution in [0.4, 0.5) is 18.9 Å². The fraction of sp³-hybridized carbons (Fsp3) is 0.154. The first-order valence-corrected chi connectivity index (χ1v) is 10.7. The number of fused-ring (bicyclic) bond motifs is 1. The number of oxime groups is 1. The van der Waals surface area contributed by atoms with Crippen LogP contribution in [0.1, 0.15) is 35.2 Å². The van der Waals surface area contributed by atoms with Crippen molar-refractivity contribution in [3.63, 3.8) is 0 Å². The molecule has 4 aromatic rings. The van der Waals surface area contributed by atoms with E-state index in [1.807, 2.05) is 6.92 Å². The van der Waals surface area contributed by atoms with Crippen LogP contribution in [0.3, 0.4) is 0 Å². The fourth-order valence-electron chi connectivity index (χ4n) is 4.09. The van der Waals surface area contributed by atoms with Crippen molar-refractivity contribution in [3.8, 4) is 11.3 Å². The number of rotatable bonds is 5. The first kappa shape index (κ1) is 23.9. The Morgan fingerprint density at radius 2 is 1.83 bits per heavy atom. The van der Waals surface area contributed by atoms with Crippen LogP contribution in [-0.4, -0.2) is 11.0 Å². The van der Waals surface area contributed by atoms with Crippen LogP contribution in [0, 0.1) is 31.3 Å². The van der Waals surface area contributed by atoms with Crippen molar-refractivity contribution in [3.05, 3.63) is 98.5 Å². The number of amidine groups is 1. The molecule has 0 saturated heterocycles. The number of hydrogen-bond acceptors (Lipinski definition) is 5. The van der Waals surface area contributed by atoms with Gasteiger partial charge in [0.15, 0.2) is 11.3 Å². The standard InChI is InChI=1S/C26H22F3N3O3/c1-12-9-17(14(3)31-21-6-4-5-19(28)22(21)26(30)32-34)25-18(10-12)23(33)13(2)24(35-25)16-8-7-15(27)11-20(16)29/h4-11,14,31,34H,1-3H3,(H2,30,32). The monoisotopic (exact) mass is 481 g/mol. The predicted molar refractivity (Wildman–Crippen MR) is 128 cm³/mol. The molecular weight excluding hydrogens is 459 g/mol. The van der Waals surface area contributed by atoms with E-state index in [1.54, 1.807) is 25.1 Å². The molecule has 1 unspecified atom stereocenters. The van der Waals surface area contributed by atoms with Gasteiger partial charge in [-0.3, -0.25) is 4.79 Å². The maximum atomic E-state index is 14.6. The highest BCUT2D eigenvalue weighted by molar-refractivity contribution is 6.02. The molecule has 6 nitrogen and oxygen atoms in total. The zero-order chi connectivity index (χ0) is 25.4. The van der Waals surface area contributed by atoms with Gasteiger partial charge in [-0.1, -0.05) is 17.3 Å². The van der Waals surface area contributed by atoms with E-state index in [-0.39, 0.29) is 44.5 Å². The molecule has 0 aliphatic heterocycles. The van der Waals surface area contributed by atoms with E-state index < -0.39 is 29.3 Å². The Hall–Kier alpha value is -4.27. The quantitative estimate of drug-likeness (QED) is 0.146. The molecule has 0 radical (unpaired) electrons. The summed E-state index contributed by atoms with van der Waals surface area (Å²) in [7, 11) is 0. The van der Waals surface area contributed by atoms with Crippen molar-refractivity contribution in [1.82, 2.24) is 0 Å². The summed E-state index contributed by atoms with van der Waals surface area (Å²) in [4.78, 5) is 13.2. The number of aryl methyl sites for hydroxylation is 1. The van der Waals surface area contributed by atoms with Gasteiger partial charge in [-0.2, -0.15) is 0 Å². The Morgan fingerprint density at radius 1 is 1.09 bits per heavy atom. The van der Waals surface area contributed by atoms with Crippen molar-refractivity contribution in [2.45, 2.75) is 26.8 Å². The summed E-state index contributed by atoms with van der Waals surface area (Å²) in [6, 6.07) is 10.1. The van der Waals surface area contributed by atoms with E-state index in [2.05, 4.69) is 10.5 Å². The number of halogens is 3. The smallest absolute Gasteiger partial charge is 0.196 e. The average Bonchev–Trinajstić information content (AvgIpc) is 2.81. The molecule has 0 bridgehead atoms. The summed E-state index contributed by atoms with van der Waals surface area (Å²) < 4.78 is 48.5. The molecule has 180 valence electrons. The second kappa shape index (κ2) is 9.17. The van der Waals surface area contributed by atoms with Crippen molar-refractivity contribution in [1.29, 1.82) is 0 Å². The van der Waals surface area contributed by atoms with Crippen molar-refractivity contribution >= 4 is 22.5 Å². The third-order valence-electron chi connectivity index (χ3n) is 5.78. The van der Waals surface area contributed by atoms with E-state index in [1.165, 1.54) is 25.1 Å². The second-order valence-corrected chi connectivity index (χ2v) is 8.25. The summed E-state index contributed by atoms with van der Waals surface area (Å²) >= 11 is 0. The molecule has 1 heterocycles. The molecule has 4 N–H and O–H groups in total. The lowest BCUT2D eigenvalue weighted by Crippen LogP contribution is -2.19. The first-order valence-electron chi connectivity index (χ1n) is 10.7. The molecular formula is C26H22F3N3O3. The van der Waals surface area contributed by atoms with Gasteiger partial charge < -0.3 is 20.7 Å². The second-order valence-electron chi connectivity index (χ2n) is 8.25. The number of nitrogens with one attached hydrogen (secondary N) is 1. The van der Waals surface area contributed by atoms with Gasteiger partial charge in [-0.25, -0.2) is 13.2 Å². The fourth-order valence-corrected chi connectivity index (χ4v) is 4.09. The number of benzene rings is 3. The lowest BCUT2D eigenvalue weighted by atomic mass is 9.98. The van der Waals surface area contributed by atoms with E-state index >= 15 is 0 Å². The predicted octanol–water partition coefficient (Wildman–Crippen LogP) is 5.76. The van der Waals surface area contributed by atoms with Gasteiger partial charge in [0.25, 0.3) is 0 Å². The molecule has 1 atom stereocenters. The van der Waals surface area contributed by atoms with Crippen molar-refractivity contribution in [2.24, 2.45) is 10.9 Å². The molecule has 0 spiro atoms. The Bertz CT molecular complexity index is 1550. The maximum Gasteiger partial charge on any atom is 0.196 e. The van der Waals surface area contributed by atoms with Crippen LogP contribution in [0.25, 0.3) is 22.3 Å². The minimum atomic E-state index is -0.862. The van der Waals surface area contributed by atoms with Crippen LogP contribution >= 0.6 is 0 Å². The van der Waals surface area contributed by atoms with Gasteiger partial charge in [0.05, 0.1) is 22.6 Å². The van der Waals surface area contributed by atoms with Gasteiger partial charge in [0.1, 0.15) is 28.8 Å². The molecule has 0 amide bonds. The molecule has 1 aromatic heterocycles. The number of nitrogens with two attached hydrogens (primary N) is 1. The Balaban J connectivity index is 1.91. The van der Waals surface area contributed by atoms with Crippen molar-refractivity contribution < 1.29 is 22.8 Å². The highest BCUT2D eigenvalue weighted by Crippen LogP contribution is 2.34. The molecule has 0 aliphatic rings. The molecule has 3 aromatic carbocycles. The molecule has 4 rings (SSSR count). The first-order chi connectivity index (χ1) is 16.6. The van der Waals surface area contributed by atoms with Gasteiger partial charge in [-0.15, -0.1) is 0 Å². The minimum Gasteiger partial charge on any atom is -0.455 e. The van der Waals surface area contributed by atoms with Crippen LogP contribution in [0.5, 0.6) is 0 Å². The van der Waals surface area contributed by atoms with Crippen LogP contribution in [0.15, 0.2) is 62.9 Å². The van der Waals surface area contributed by atoms with E-state index in [0.717, 1.165) is 17.7 Å². The molecule has 35 heavy (non-hydrogen) atoms. The number of anilines is 1. The Morgan fingerprint density at radius 3 is 2.51 bits per heavy atom. The summed E-state index contributed by atoms with van der Waals surface area (Å²) in [5, 5.41) is 15.4.